The fraction of sp³-hybridized carbons (Fsp3) is 0.231. The first-order valence-corrected chi connectivity index (χ1v) is 7.48. The molecule has 0 aliphatic rings. The minimum atomic E-state index is -0.132. The van der Waals surface area contributed by atoms with Gasteiger partial charge in [-0.05, 0) is 41.1 Å². The summed E-state index contributed by atoms with van der Waals surface area (Å²) in [6.07, 6.45) is 0.740. The Balaban J connectivity index is 1.92. The van der Waals surface area contributed by atoms with Gasteiger partial charge in [0.1, 0.15) is 0 Å². The molecule has 100 valence electrons. The first-order valence-electron chi connectivity index (χ1n) is 5.80. The van der Waals surface area contributed by atoms with Crippen LogP contribution in [0.2, 0.25) is 0 Å². The van der Waals surface area contributed by atoms with E-state index in [1.54, 1.807) is 29.5 Å². The molecule has 0 atom stereocenters. The summed E-state index contributed by atoms with van der Waals surface area (Å²) in [5, 5.41) is 5.90. The number of aromatic nitrogens is 1. The zero-order valence-electron chi connectivity index (χ0n) is 10.4. The molecule has 0 spiro atoms. The summed E-state index contributed by atoms with van der Waals surface area (Å²) >= 11 is 4.96. The van der Waals surface area contributed by atoms with E-state index in [1.165, 1.54) is 0 Å². The zero-order chi connectivity index (χ0) is 13.8. The molecule has 0 fully saturated rings. The monoisotopic (exact) mass is 339 g/mol. The van der Waals surface area contributed by atoms with E-state index in [9.17, 15) is 4.79 Å². The molecule has 0 aliphatic carbocycles. The standard InChI is InChI=1S/C13H14BrN3OS/c1-8-7-19-12(17-8)4-5-16-13(18)10-6-9(15)2-3-11(10)14/h2-3,6-7H,4-5,15H2,1H3,(H,16,18). The lowest BCUT2D eigenvalue weighted by Gasteiger charge is -2.06. The van der Waals surface area contributed by atoms with E-state index in [1.807, 2.05) is 12.3 Å². The van der Waals surface area contributed by atoms with Crippen LogP contribution in [-0.2, 0) is 6.42 Å². The zero-order valence-corrected chi connectivity index (χ0v) is 12.8. The molecule has 19 heavy (non-hydrogen) atoms. The SMILES string of the molecule is Cc1csc(CCNC(=O)c2cc(N)ccc2Br)n1. The molecule has 1 amide bonds. The van der Waals surface area contributed by atoms with Gasteiger partial charge in [0.2, 0.25) is 0 Å². The molecule has 4 nitrogen and oxygen atoms in total. The number of nitrogens with zero attached hydrogens (tertiary/aromatic N) is 1. The number of hydrogen-bond donors (Lipinski definition) is 2. The summed E-state index contributed by atoms with van der Waals surface area (Å²) in [7, 11) is 0. The van der Waals surface area contributed by atoms with Crippen LogP contribution in [0.25, 0.3) is 0 Å². The van der Waals surface area contributed by atoms with E-state index in [-0.39, 0.29) is 5.91 Å². The van der Waals surface area contributed by atoms with Crippen molar-refractivity contribution in [3.63, 3.8) is 0 Å². The number of aryl methyl sites for hydroxylation is 1. The number of thiazole rings is 1. The van der Waals surface area contributed by atoms with Gasteiger partial charge in [-0.15, -0.1) is 11.3 Å². The number of carbonyl (C=O) groups is 1. The molecule has 1 heterocycles. The van der Waals surface area contributed by atoms with Gasteiger partial charge in [-0.2, -0.15) is 0 Å². The van der Waals surface area contributed by atoms with E-state index in [0.29, 0.717) is 17.8 Å². The fourth-order valence-corrected chi connectivity index (χ4v) is 2.82. The number of hydrogen-bond acceptors (Lipinski definition) is 4. The molecule has 0 saturated heterocycles. The van der Waals surface area contributed by atoms with Crippen LogP contribution in [0.3, 0.4) is 0 Å². The predicted octanol–water partition coefficient (Wildman–Crippen LogP) is 2.77. The largest absolute Gasteiger partial charge is 0.399 e. The molecule has 0 radical (unpaired) electrons. The molecule has 0 aliphatic heterocycles. The van der Waals surface area contributed by atoms with Crippen molar-refractivity contribution in [1.29, 1.82) is 0 Å². The number of nitrogens with two attached hydrogens (primary N) is 1. The van der Waals surface area contributed by atoms with Crippen molar-refractivity contribution in [2.45, 2.75) is 13.3 Å². The van der Waals surface area contributed by atoms with Crippen LogP contribution < -0.4 is 11.1 Å². The molecule has 2 aromatic rings. The number of benzene rings is 1. The quantitative estimate of drug-likeness (QED) is 0.841. The van der Waals surface area contributed by atoms with Crippen molar-refractivity contribution < 1.29 is 4.79 Å². The number of anilines is 1. The molecule has 0 bridgehead atoms. The molecule has 1 aromatic carbocycles. The van der Waals surface area contributed by atoms with Crippen LogP contribution in [-0.4, -0.2) is 17.4 Å². The minimum Gasteiger partial charge on any atom is -0.399 e. The van der Waals surface area contributed by atoms with Gasteiger partial charge in [-0.1, -0.05) is 0 Å². The maximum atomic E-state index is 12.0. The Kier molecular flexibility index (Phi) is 4.55. The lowest BCUT2D eigenvalue weighted by molar-refractivity contribution is 0.0953. The predicted molar refractivity (Wildman–Crippen MR) is 81.4 cm³/mol. The minimum absolute atomic E-state index is 0.132. The summed E-state index contributed by atoms with van der Waals surface area (Å²) in [6.45, 7) is 2.52. The molecule has 6 heteroatoms. The molecule has 0 saturated carbocycles. The maximum absolute atomic E-state index is 12.0. The summed E-state index contributed by atoms with van der Waals surface area (Å²) in [6, 6.07) is 5.18. The maximum Gasteiger partial charge on any atom is 0.252 e. The second kappa shape index (κ2) is 6.16. The number of amides is 1. The lowest BCUT2D eigenvalue weighted by atomic mass is 10.2. The molecular weight excluding hydrogens is 326 g/mol. The van der Waals surface area contributed by atoms with Crippen LogP contribution in [0.4, 0.5) is 5.69 Å². The summed E-state index contributed by atoms with van der Waals surface area (Å²) in [5.74, 6) is -0.132. The Morgan fingerprint density at radius 2 is 2.32 bits per heavy atom. The van der Waals surface area contributed by atoms with Gasteiger partial charge < -0.3 is 11.1 Å². The van der Waals surface area contributed by atoms with Gasteiger partial charge in [0, 0.05) is 34.2 Å². The average molecular weight is 340 g/mol. The van der Waals surface area contributed by atoms with E-state index in [2.05, 4.69) is 26.2 Å². The third-order valence-electron chi connectivity index (χ3n) is 2.53. The van der Waals surface area contributed by atoms with E-state index in [4.69, 9.17) is 5.73 Å². The van der Waals surface area contributed by atoms with Crippen LogP contribution in [0.15, 0.2) is 28.1 Å². The van der Waals surface area contributed by atoms with Gasteiger partial charge in [0.05, 0.1) is 10.6 Å². The number of nitrogens with one attached hydrogen (secondary N) is 1. The number of halogens is 1. The summed E-state index contributed by atoms with van der Waals surface area (Å²) in [5.41, 5.74) is 7.82. The van der Waals surface area contributed by atoms with Gasteiger partial charge in [-0.25, -0.2) is 4.98 Å². The fourth-order valence-electron chi connectivity index (χ4n) is 1.61. The van der Waals surface area contributed by atoms with Crippen molar-refractivity contribution in [2.24, 2.45) is 0 Å². The Morgan fingerprint density at radius 1 is 1.53 bits per heavy atom. The molecule has 3 N–H and O–H groups in total. The highest BCUT2D eigenvalue weighted by molar-refractivity contribution is 9.10. The Hall–Kier alpha value is -1.40. The normalized spacial score (nSPS) is 10.4. The van der Waals surface area contributed by atoms with E-state index >= 15 is 0 Å². The van der Waals surface area contributed by atoms with Gasteiger partial charge in [0.15, 0.2) is 0 Å². The Labute approximate surface area is 124 Å². The van der Waals surface area contributed by atoms with Crippen molar-refractivity contribution in [1.82, 2.24) is 10.3 Å². The van der Waals surface area contributed by atoms with Crippen LogP contribution >= 0.6 is 27.3 Å². The molecule has 2 rings (SSSR count). The van der Waals surface area contributed by atoms with Gasteiger partial charge in [0.25, 0.3) is 5.91 Å². The van der Waals surface area contributed by atoms with Crippen molar-refractivity contribution >= 4 is 38.9 Å². The number of rotatable bonds is 4. The number of carbonyl (C=O) groups excluding carboxylic acids is 1. The van der Waals surface area contributed by atoms with Gasteiger partial charge in [-0.3, -0.25) is 4.79 Å². The second-order valence-electron chi connectivity index (χ2n) is 4.13. The topological polar surface area (TPSA) is 68.0 Å². The summed E-state index contributed by atoms with van der Waals surface area (Å²) in [4.78, 5) is 16.3. The highest BCUT2D eigenvalue weighted by atomic mass is 79.9. The van der Waals surface area contributed by atoms with E-state index < -0.39 is 0 Å². The van der Waals surface area contributed by atoms with Crippen molar-refractivity contribution in [3.8, 4) is 0 Å². The summed E-state index contributed by atoms with van der Waals surface area (Å²) < 4.78 is 0.740. The van der Waals surface area contributed by atoms with Crippen LogP contribution in [0, 0.1) is 6.92 Å². The van der Waals surface area contributed by atoms with Crippen molar-refractivity contribution in [2.75, 3.05) is 12.3 Å². The van der Waals surface area contributed by atoms with Crippen molar-refractivity contribution in [3.05, 3.63) is 44.3 Å². The first kappa shape index (κ1) is 14.0. The van der Waals surface area contributed by atoms with Gasteiger partial charge >= 0.3 is 0 Å². The molecular formula is C13H14BrN3OS. The second-order valence-corrected chi connectivity index (χ2v) is 5.92. The number of nitrogen functional groups attached to an aromatic ring is 1. The van der Waals surface area contributed by atoms with E-state index in [0.717, 1.165) is 21.6 Å². The van der Waals surface area contributed by atoms with Crippen LogP contribution in [0.1, 0.15) is 21.1 Å². The third kappa shape index (κ3) is 3.78. The Morgan fingerprint density at radius 3 is 3.00 bits per heavy atom. The lowest BCUT2D eigenvalue weighted by Crippen LogP contribution is -2.26. The average Bonchev–Trinajstić information content (AvgIpc) is 2.78. The molecule has 1 aromatic heterocycles. The highest BCUT2D eigenvalue weighted by Crippen LogP contribution is 2.19. The smallest absolute Gasteiger partial charge is 0.252 e. The van der Waals surface area contributed by atoms with Crippen LogP contribution in [0.5, 0.6) is 0 Å². The Bertz CT molecular complexity index is 597. The molecule has 0 unspecified atom stereocenters. The third-order valence-corrected chi connectivity index (χ3v) is 4.24. The first-order chi connectivity index (χ1) is 9.06. The highest BCUT2D eigenvalue weighted by Gasteiger charge is 2.10.